The van der Waals surface area contributed by atoms with Crippen molar-refractivity contribution >= 4 is 17.4 Å². The Morgan fingerprint density at radius 1 is 1.47 bits per heavy atom. The van der Waals surface area contributed by atoms with Crippen LogP contribution in [0.3, 0.4) is 0 Å². The van der Waals surface area contributed by atoms with Crippen molar-refractivity contribution in [3.8, 4) is 5.69 Å². The van der Waals surface area contributed by atoms with Crippen molar-refractivity contribution < 1.29 is 4.39 Å². The lowest BCUT2D eigenvalue weighted by molar-refractivity contribution is 0.626. The predicted molar refractivity (Wildman–Crippen MR) is 57.7 cm³/mol. The van der Waals surface area contributed by atoms with Crippen molar-refractivity contribution in [2.45, 2.75) is 6.92 Å². The van der Waals surface area contributed by atoms with Crippen LogP contribution in [0.15, 0.2) is 24.4 Å². The third-order valence-electron chi connectivity index (χ3n) is 2.10. The lowest BCUT2D eigenvalue weighted by atomic mass is 10.3. The summed E-state index contributed by atoms with van der Waals surface area (Å²) in [5.74, 6) is -0.0359. The van der Waals surface area contributed by atoms with Crippen LogP contribution in [0.5, 0.6) is 0 Å². The van der Waals surface area contributed by atoms with Crippen LogP contribution in [-0.2, 0) is 0 Å². The van der Waals surface area contributed by atoms with Crippen LogP contribution in [0.2, 0.25) is 5.02 Å². The monoisotopic (exact) mass is 225 g/mol. The number of anilines is 1. The molecule has 0 aliphatic rings. The maximum Gasteiger partial charge on any atom is 0.148 e. The van der Waals surface area contributed by atoms with Gasteiger partial charge in [-0.3, -0.25) is 0 Å². The molecule has 2 N–H and O–H groups in total. The van der Waals surface area contributed by atoms with E-state index in [4.69, 9.17) is 17.3 Å². The molecule has 0 radical (unpaired) electrons. The molecule has 1 aromatic carbocycles. The second kappa shape index (κ2) is 3.55. The first-order valence-corrected chi connectivity index (χ1v) is 4.73. The average Bonchev–Trinajstić information content (AvgIpc) is 2.52. The topological polar surface area (TPSA) is 43.8 Å². The summed E-state index contributed by atoms with van der Waals surface area (Å²) in [5.41, 5.74) is 7.04. The van der Waals surface area contributed by atoms with Crippen LogP contribution in [0.4, 0.5) is 10.2 Å². The van der Waals surface area contributed by atoms with E-state index in [0.717, 1.165) is 5.56 Å². The van der Waals surface area contributed by atoms with Gasteiger partial charge in [-0.15, -0.1) is 0 Å². The molecule has 3 nitrogen and oxygen atoms in total. The number of aryl methyl sites for hydroxylation is 1. The van der Waals surface area contributed by atoms with Crippen molar-refractivity contribution in [3.63, 3.8) is 0 Å². The third kappa shape index (κ3) is 1.80. The van der Waals surface area contributed by atoms with Gasteiger partial charge >= 0.3 is 0 Å². The van der Waals surface area contributed by atoms with E-state index in [1.165, 1.54) is 16.8 Å². The molecule has 2 aromatic rings. The highest BCUT2D eigenvalue weighted by molar-refractivity contribution is 6.30. The van der Waals surface area contributed by atoms with Crippen LogP contribution in [0.25, 0.3) is 5.69 Å². The SMILES string of the molecule is Cc1cn(-c2ccc(Cl)c(F)c2)nc1N. The first-order chi connectivity index (χ1) is 7.08. The van der Waals surface area contributed by atoms with Gasteiger partial charge in [-0.2, -0.15) is 5.10 Å². The summed E-state index contributed by atoms with van der Waals surface area (Å²) >= 11 is 5.58. The minimum absolute atomic E-state index is 0.0931. The van der Waals surface area contributed by atoms with Gasteiger partial charge in [0.1, 0.15) is 11.6 Å². The molecule has 15 heavy (non-hydrogen) atoms. The Balaban J connectivity index is 2.49. The first-order valence-electron chi connectivity index (χ1n) is 4.35. The number of nitrogens with zero attached hydrogens (tertiary/aromatic N) is 2. The van der Waals surface area contributed by atoms with Gasteiger partial charge in [-0.05, 0) is 19.1 Å². The second-order valence-corrected chi connectivity index (χ2v) is 3.65. The molecule has 0 unspecified atom stereocenters. The van der Waals surface area contributed by atoms with E-state index < -0.39 is 5.82 Å². The van der Waals surface area contributed by atoms with E-state index in [1.54, 1.807) is 12.3 Å². The zero-order chi connectivity index (χ0) is 11.0. The maximum atomic E-state index is 13.2. The molecule has 0 fully saturated rings. The van der Waals surface area contributed by atoms with Crippen molar-refractivity contribution in [2.75, 3.05) is 5.73 Å². The summed E-state index contributed by atoms with van der Waals surface area (Å²) in [4.78, 5) is 0. The highest BCUT2D eigenvalue weighted by Gasteiger charge is 2.05. The largest absolute Gasteiger partial charge is 0.382 e. The highest BCUT2D eigenvalue weighted by Crippen LogP contribution is 2.19. The summed E-state index contributed by atoms with van der Waals surface area (Å²) < 4.78 is 14.7. The minimum atomic E-state index is -0.471. The number of benzene rings is 1. The molecule has 0 atom stereocenters. The highest BCUT2D eigenvalue weighted by atomic mass is 35.5. The lowest BCUT2D eigenvalue weighted by Crippen LogP contribution is -1.96. The number of halogens is 2. The molecule has 0 amide bonds. The van der Waals surface area contributed by atoms with Crippen molar-refractivity contribution in [3.05, 3.63) is 40.8 Å². The quantitative estimate of drug-likeness (QED) is 0.811. The zero-order valence-corrected chi connectivity index (χ0v) is 8.79. The Kier molecular flexibility index (Phi) is 2.36. The summed E-state index contributed by atoms with van der Waals surface area (Å²) in [7, 11) is 0. The third-order valence-corrected chi connectivity index (χ3v) is 2.41. The first kappa shape index (κ1) is 9.98. The molecular weight excluding hydrogens is 217 g/mol. The van der Waals surface area contributed by atoms with Crippen LogP contribution < -0.4 is 5.73 Å². The molecule has 0 aliphatic heterocycles. The smallest absolute Gasteiger partial charge is 0.148 e. The van der Waals surface area contributed by atoms with Gasteiger partial charge in [0.05, 0.1) is 10.7 Å². The fraction of sp³-hybridized carbons (Fsp3) is 0.100. The molecule has 1 heterocycles. The van der Waals surface area contributed by atoms with E-state index in [2.05, 4.69) is 5.10 Å². The second-order valence-electron chi connectivity index (χ2n) is 3.24. The molecule has 0 aliphatic carbocycles. The van der Waals surface area contributed by atoms with Gasteiger partial charge in [0, 0.05) is 17.8 Å². The number of rotatable bonds is 1. The van der Waals surface area contributed by atoms with Gasteiger partial charge in [0.2, 0.25) is 0 Å². The fourth-order valence-electron chi connectivity index (χ4n) is 1.23. The Morgan fingerprint density at radius 3 is 2.73 bits per heavy atom. The normalized spacial score (nSPS) is 10.6. The van der Waals surface area contributed by atoms with Crippen LogP contribution >= 0.6 is 11.6 Å². The van der Waals surface area contributed by atoms with Crippen LogP contribution in [0.1, 0.15) is 5.56 Å². The van der Waals surface area contributed by atoms with Crippen molar-refractivity contribution in [1.29, 1.82) is 0 Å². The van der Waals surface area contributed by atoms with Crippen LogP contribution in [0, 0.1) is 12.7 Å². The number of nitrogen functional groups attached to an aromatic ring is 1. The molecule has 0 saturated heterocycles. The molecular formula is C10H9ClFN3. The van der Waals surface area contributed by atoms with E-state index in [9.17, 15) is 4.39 Å². The molecule has 78 valence electrons. The summed E-state index contributed by atoms with van der Waals surface area (Å²) in [6, 6.07) is 4.48. The molecule has 2 rings (SSSR count). The van der Waals surface area contributed by atoms with Gasteiger partial charge in [0.15, 0.2) is 0 Å². The number of nitrogens with two attached hydrogens (primary N) is 1. The van der Waals surface area contributed by atoms with Crippen LogP contribution in [-0.4, -0.2) is 9.78 Å². The van der Waals surface area contributed by atoms with Crippen molar-refractivity contribution in [1.82, 2.24) is 9.78 Å². The summed E-state index contributed by atoms with van der Waals surface area (Å²) in [6.07, 6.45) is 1.73. The van der Waals surface area contributed by atoms with E-state index in [-0.39, 0.29) is 5.02 Å². The molecule has 0 bridgehead atoms. The van der Waals surface area contributed by atoms with Crippen molar-refractivity contribution in [2.24, 2.45) is 0 Å². The molecule has 1 aromatic heterocycles. The summed E-state index contributed by atoms with van der Waals surface area (Å²) in [5, 5.41) is 4.13. The van der Waals surface area contributed by atoms with Gasteiger partial charge in [0.25, 0.3) is 0 Å². The van der Waals surface area contributed by atoms with Gasteiger partial charge < -0.3 is 5.73 Å². The number of hydrogen-bond donors (Lipinski definition) is 1. The Hall–Kier alpha value is -1.55. The lowest BCUT2D eigenvalue weighted by Gasteiger charge is -2.01. The standard InChI is InChI=1S/C10H9ClFN3/c1-6-5-15(14-10(6)13)7-2-3-8(11)9(12)4-7/h2-5H,1H3,(H2,13,14). The van der Waals surface area contributed by atoms with E-state index in [1.807, 2.05) is 6.92 Å². The van der Waals surface area contributed by atoms with Gasteiger partial charge in [-0.25, -0.2) is 9.07 Å². The van der Waals surface area contributed by atoms with E-state index >= 15 is 0 Å². The molecule has 0 spiro atoms. The Bertz CT molecular complexity index is 488. The number of aromatic nitrogens is 2. The van der Waals surface area contributed by atoms with Gasteiger partial charge in [-0.1, -0.05) is 11.6 Å². The molecule has 0 saturated carbocycles. The Morgan fingerprint density at radius 2 is 2.20 bits per heavy atom. The fourth-order valence-corrected chi connectivity index (χ4v) is 1.35. The Labute approximate surface area is 91.3 Å². The molecule has 5 heteroatoms. The van der Waals surface area contributed by atoms with E-state index in [0.29, 0.717) is 11.5 Å². The predicted octanol–water partition coefficient (Wildman–Crippen LogP) is 2.56. The average molecular weight is 226 g/mol. The maximum absolute atomic E-state index is 13.2. The summed E-state index contributed by atoms with van der Waals surface area (Å²) in [6.45, 7) is 1.84. The number of hydrogen-bond acceptors (Lipinski definition) is 2. The minimum Gasteiger partial charge on any atom is -0.382 e. The zero-order valence-electron chi connectivity index (χ0n) is 8.04.